The van der Waals surface area contributed by atoms with Crippen LogP contribution in [-0.2, 0) is 0 Å². The fourth-order valence-corrected chi connectivity index (χ4v) is 2.18. The molecule has 2 unspecified atom stereocenters. The smallest absolute Gasteiger partial charge is 0.251 e. The summed E-state index contributed by atoms with van der Waals surface area (Å²) in [5.74, 6) is -0.179. The van der Waals surface area contributed by atoms with Gasteiger partial charge in [0.05, 0.1) is 6.10 Å². The molecule has 22 heavy (non-hydrogen) atoms. The molecule has 0 aromatic heterocycles. The first-order chi connectivity index (χ1) is 10.4. The Morgan fingerprint density at radius 2 is 1.73 bits per heavy atom. The quantitative estimate of drug-likeness (QED) is 0.687. The zero-order valence-corrected chi connectivity index (χ0v) is 13.6. The van der Waals surface area contributed by atoms with Gasteiger partial charge in [-0.3, -0.25) is 9.59 Å². The maximum absolute atomic E-state index is 12.1. The van der Waals surface area contributed by atoms with E-state index in [4.69, 9.17) is 0 Å². The molecule has 122 valence electrons. The molecule has 1 rings (SSSR count). The number of benzene rings is 1. The average Bonchev–Trinajstić information content (AvgIpc) is 2.49. The van der Waals surface area contributed by atoms with Crippen LogP contribution >= 0.6 is 0 Å². The van der Waals surface area contributed by atoms with Crippen molar-refractivity contribution in [2.24, 2.45) is 5.92 Å². The molecule has 0 aliphatic heterocycles. The number of carbonyl (C=O) groups excluding carboxylic acids is 2. The van der Waals surface area contributed by atoms with Crippen LogP contribution in [0.3, 0.4) is 0 Å². The van der Waals surface area contributed by atoms with E-state index in [2.05, 4.69) is 10.6 Å². The third-order valence-electron chi connectivity index (χ3n) is 3.28. The van der Waals surface area contributed by atoms with Gasteiger partial charge in [0.25, 0.3) is 11.8 Å². The standard InChI is InChI=1S/C17H26N2O3/c1-4-8-18-16(21)14-6-5-7-15(10-14)17(22)19-11-12(2)9-13(3)20/h5-7,10,12-13,20H,4,8-9,11H2,1-3H3,(H,18,21)(H,19,22). The SMILES string of the molecule is CCCNC(=O)c1cccc(C(=O)NCC(C)CC(C)O)c1. The van der Waals surface area contributed by atoms with Crippen LogP contribution < -0.4 is 10.6 Å². The van der Waals surface area contributed by atoms with E-state index in [1.54, 1.807) is 31.2 Å². The molecule has 1 aromatic carbocycles. The summed E-state index contributed by atoms with van der Waals surface area (Å²) in [5.41, 5.74) is 0.950. The summed E-state index contributed by atoms with van der Waals surface area (Å²) in [6.07, 6.45) is 1.13. The van der Waals surface area contributed by atoms with Crippen molar-refractivity contribution >= 4 is 11.8 Å². The molecule has 0 aliphatic rings. The summed E-state index contributed by atoms with van der Waals surface area (Å²) < 4.78 is 0. The predicted octanol–water partition coefficient (Wildman–Crippen LogP) is 1.96. The highest BCUT2D eigenvalue weighted by Gasteiger charge is 2.12. The van der Waals surface area contributed by atoms with Gasteiger partial charge in [-0.05, 0) is 43.9 Å². The second kappa shape index (κ2) is 9.20. The maximum atomic E-state index is 12.1. The molecular formula is C17H26N2O3. The Hall–Kier alpha value is -1.88. The lowest BCUT2D eigenvalue weighted by Gasteiger charge is -2.14. The summed E-state index contributed by atoms with van der Waals surface area (Å²) in [7, 11) is 0. The van der Waals surface area contributed by atoms with Gasteiger partial charge in [-0.2, -0.15) is 0 Å². The van der Waals surface area contributed by atoms with Gasteiger partial charge in [-0.15, -0.1) is 0 Å². The molecule has 5 nitrogen and oxygen atoms in total. The summed E-state index contributed by atoms with van der Waals surface area (Å²) in [5, 5.41) is 14.9. The van der Waals surface area contributed by atoms with E-state index in [1.807, 2.05) is 13.8 Å². The molecule has 1 aromatic rings. The topological polar surface area (TPSA) is 78.4 Å². The summed E-state index contributed by atoms with van der Waals surface area (Å²) in [6, 6.07) is 6.68. The fourth-order valence-electron chi connectivity index (χ4n) is 2.18. The van der Waals surface area contributed by atoms with Crippen LogP contribution in [0.5, 0.6) is 0 Å². The van der Waals surface area contributed by atoms with Gasteiger partial charge in [0.15, 0.2) is 0 Å². The lowest BCUT2D eigenvalue weighted by Crippen LogP contribution is -2.30. The molecule has 0 saturated heterocycles. The van der Waals surface area contributed by atoms with Crippen molar-refractivity contribution < 1.29 is 14.7 Å². The van der Waals surface area contributed by atoms with Gasteiger partial charge in [-0.1, -0.05) is 19.9 Å². The van der Waals surface area contributed by atoms with E-state index in [0.717, 1.165) is 6.42 Å². The van der Waals surface area contributed by atoms with Gasteiger partial charge < -0.3 is 15.7 Å². The van der Waals surface area contributed by atoms with Gasteiger partial charge >= 0.3 is 0 Å². The van der Waals surface area contributed by atoms with Crippen LogP contribution in [0.1, 0.15) is 54.3 Å². The maximum Gasteiger partial charge on any atom is 0.251 e. The number of aliphatic hydroxyl groups excluding tert-OH is 1. The monoisotopic (exact) mass is 306 g/mol. The van der Waals surface area contributed by atoms with E-state index in [1.165, 1.54) is 0 Å². The van der Waals surface area contributed by atoms with Crippen LogP contribution in [-0.4, -0.2) is 36.1 Å². The largest absolute Gasteiger partial charge is 0.393 e. The molecular weight excluding hydrogens is 280 g/mol. The first-order valence-corrected chi connectivity index (χ1v) is 7.78. The highest BCUT2D eigenvalue weighted by Crippen LogP contribution is 2.07. The van der Waals surface area contributed by atoms with Crippen molar-refractivity contribution in [3.63, 3.8) is 0 Å². The Balaban J connectivity index is 2.60. The lowest BCUT2D eigenvalue weighted by atomic mass is 10.0. The number of carbonyl (C=O) groups is 2. The molecule has 2 amide bonds. The number of rotatable bonds is 8. The Bertz CT molecular complexity index is 500. The highest BCUT2D eigenvalue weighted by atomic mass is 16.3. The number of hydrogen-bond acceptors (Lipinski definition) is 3. The molecule has 0 bridgehead atoms. The van der Waals surface area contributed by atoms with E-state index < -0.39 is 0 Å². The number of nitrogens with one attached hydrogen (secondary N) is 2. The summed E-state index contributed by atoms with van der Waals surface area (Å²) in [6.45, 7) is 6.80. The van der Waals surface area contributed by atoms with Crippen molar-refractivity contribution in [2.45, 2.75) is 39.7 Å². The molecule has 0 heterocycles. The summed E-state index contributed by atoms with van der Waals surface area (Å²) in [4.78, 5) is 24.0. The van der Waals surface area contributed by atoms with Crippen LogP contribution in [0.4, 0.5) is 0 Å². The normalized spacial score (nSPS) is 13.3. The van der Waals surface area contributed by atoms with Crippen molar-refractivity contribution in [3.8, 4) is 0 Å². The van der Waals surface area contributed by atoms with Gasteiger partial charge in [-0.25, -0.2) is 0 Å². The Labute approximate surface area is 132 Å². The Kier molecular flexibility index (Phi) is 7.60. The van der Waals surface area contributed by atoms with Crippen LogP contribution in [0.25, 0.3) is 0 Å². The lowest BCUT2D eigenvalue weighted by molar-refractivity contribution is 0.0939. The number of hydrogen-bond donors (Lipinski definition) is 3. The van der Waals surface area contributed by atoms with Gasteiger partial charge in [0.2, 0.25) is 0 Å². The third-order valence-corrected chi connectivity index (χ3v) is 3.28. The van der Waals surface area contributed by atoms with E-state index in [0.29, 0.717) is 30.6 Å². The van der Waals surface area contributed by atoms with Crippen molar-refractivity contribution in [1.29, 1.82) is 0 Å². The molecule has 0 saturated carbocycles. The Morgan fingerprint density at radius 1 is 1.14 bits per heavy atom. The van der Waals surface area contributed by atoms with Gasteiger partial charge in [0, 0.05) is 24.2 Å². The third kappa shape index (κ3) is 6.26. The Morgan fingerprint density at radius 3 is 2.27 bits per heavy atom. The second-order valence-electron chi connectivity index (χ2n) is 5.74. The van der Waals surface area contributed by atoms with Crippen molar-refractivity contribution in [3.05, 3.63) is 35.4 Å². The predicted molar refractivity (Wildman–Crippen MR) is 86.9 cm³/mol. The molecule has 0 spiro atoms. The molecule has 0 radical (unpaired) electrons. The second-order valence-corrected chi connectivity index (χ2v) is 5.74. The first-order valence-electron chi connectivity index (χ1n) is 7.78. The van der Waals surface area contributed by atoms with E-state index in [9.17, 15) is 14.7 Å². The first kappa shape index (κ1) is 18.2. The minimum atomic E-state index is -0.377. The van der Waals surface area contributed by atoms with Crippen molar-refractivity contribution in [1.82, 2.24) is 10.6 Å². The molecule has 0 fully saturated rings. The van der Waals surface area contributed by atoms with Crippen molar-refractivity contribution in [2.75, 3.05) is 13.1 Å². The molecule has 0 aliphatic carbocycles. The molecule has 2 atom stereocenters. The average molecular weight is 306 g/mol. The van der Waals surface area contributed by atoms with Crippen LogP contribution in [0.15, 0.2) is 24.3 Å². The zero-order chi connectivity index (χ0) is 16.5. The minimum Gasteiger partial charge on any atom is -0.393 e. The minimum absolute atomic E-state index is 0.168. The number of aliphatic hydroxyl groups is 1. The van der Waals surface area contributed by atoms with Gasteiger partial charge in [0.1, 0.15) is 0 Å². The van der Waals surface area contributed by atoms with Crippen LogP contribution in [0, 0.1) is 5.92 Å². The van der Waals surface area contributed by atoms with E-state index in [-0.39, 0.29) is 23.8 Å². The fraction of sp³-hybridized carbons (Fsp3) is 0.529. The highest BCUT2D eigenvalue weighted by molar-refractivity contribution is 5.99. The zero-order valence-electron chi connectivity index (χ0n) is 13.6. The molecule has 3 N–H and O–H groups in total. The number of amides is 2. The molecule has 5 heteroatoms. The van der Waals surface area contributed by atoms with E-state index >= 15 is 0 Å². The van der Waals surface area contributed by atoms with Crippen LogP contribution in [0.2, 0.25) is 0 Å². The summed E-state index contributed by atoms with van der Waals surface area (Å²) >= 11 is 0.